The van der Waals surface area contributed by atoms with Crippen LogP contribution >= 0.6 is 11.8 Å². The summed E-state index contributed by atoms with van der Waals surface area (Å²) in [6.07, 6.45) is 0. The average Bonchev–Trinajstić information content (AvgIpc) is 2.72. The summed E-state index contributed by atoms with van der Waals surface area (Å²) in [5.41, 5.74) is 0. The first-order valence-electron chi connectivity index (χ1n) is 5.58. The standard InChI is InChI=1S/C11H18N2O3S/c1-6(2)17-5-9-12-10(16-13-9)7(3)8(4)11(14)15/h6-8H,5H2,1-4H3,(H,14,15). The average molecular weight is 258 g/mol. The number of hydrogen-bond acceptors (Lipinski definition) is 5. The van der Waals surface area contributed by atoms with Gasteiger partial charge in [0.2, 0.25) is 5.89 Å². The Balaban J connectivity index is 2.64. The first-order valence-corrected chi connectivity index (χ1v) is 6.63. The number of nitrogens with zero attached hydrogens (tertiary/aromatic N) is 2. The molecule has 1 N–H and O–H groups in total. The van der Waals surface area contributed by atoms with Crippen LogP contribution in [0.5, 0.6) is 0 Å². The molecule has 0 spiro atoms. The maximum absolute atomic E-state index is 10.8. The van der Waals surface area contributed by atoms with Crippen molar-refractivity contribution in [1.82, 2.24) is 10.1 Å². The van der Waals surface area contributed by atoms with Gasteiger partial charge < -0.3 is 9.63 Å². The smallest absolute Gasteiger partial charge is 0.307 e. The third kappa shape index (κ3) is 4.03. The van der Waals surface area contributed by atoms with E-state index in [9.17, 15) is 4.79 Å². The van der Waals surface area contributed by atoms with Gasteiger partial charge in [0.1, 0.15) is 0 Å². The van der Waals surface area contributed by atoms with Crippen molar-refractivity contribution in [3.63, 3.8) is 0 Å². The van der Waals surface area contributed by atoms with Gasteiger partial charge in [-0.05, 0) is 5.25 Å². The van der Waals surface area contributed by atoms with Crippen LogP contribution in [-0.4, -0.2) is 26.5 Å². The minimum atomic E-state index is -0.853. The maximum atomic E-state index is 10.8. The number of rotatable bonds is 6. The highest BCUT2D eigenvalue weighted by molar-refractivity contribution is 7.99. The van der Waals surface area contributed by atoms with E-state index >= 15 is 0 Å². The van der Waals surface area contributed by atoms with Crippen molar-refractivity contribution >= 4 is 17.7 Å². The Morgan fingerprint density at radius 3 is 2.59 bits per heavy atom. The van der Waals surface area contributed by atoms with E-state index in [1.54, 1.807) is 25.6 Å². The SMILES string of the molecule is CC(C)SCc1noc(C(C)C(C)C(=O)O)n1. The molecule has 0 radical (unpaired) electrons. The van der Waals surface area contributed by atoms with Gasteiger partial charge in [0.05, 0.1) is 11.7 Å². The van der Waals surface area contributed by atoms with Gasteiger partial charge in [-0.2, -0.15) is 16.7 Å². The lowest BCUT2D eigenvalue weighted by atomic mass is 9.96. The number of carbonyl (C=O) groups is 1. The molecule has 2 unspecified atom stereocenters. The van der Waals surface area contributed by atoms with Gasteiger partial charge >= 0.3 is 5.97 Å². The summed E-state index contributed by atoms with van der Waals surface area (Å²) in [7, 11) is 0. The van der Waals surface area contributed by atoms with E-state index in [0.717, 1.165) is 0 Å². The molecule has 2 atom stereocenters. The lowest BCUT2D eigenvalue weighted by Crippen LogP contribution is -2.16. The number of aromatic nitrogens is 2. The molecule has 0 aliphatic heterocycles. The van der Waals surface area contributed by atoms with Crippen LogP contribution in [0.15, 0.2) is 4.52 Å². The Hall–Kier alpha value is -1.04. The van der Waals surface area contributed by atoms with Crippen LogP contribution in [-0.2, 0) is 10.5 Å². The minimum absolute atomic E-state index is 0.266. The highest BCUT2D eigenvalue weighted by Crippen LogP contribution is 2.24. The highest BCUT2D eigenvalue weighted by Gasteiger charge is 2.25. The summed E-state index contributed by atoms with van der Waals surface area (Å²) in [6, 6.07) is 0. The third-order valence-corrected chi connectivity index (χ3v) is 3.65. The molecular formula is C11H18N2O3S. The van der Waals surface area contributed by atoms with Crippen molar-refractivity contribution in [2.45, 2.75) is 44.6 Å². The maximum Gasteiger partial charge on any atom is 0.307 e. The molecule has 6 heteroatoms. The van der Waals surface area contributed by atoms with E-state index in [-0.39, 0.29) is 5.92 Å². The minimum Gasteiger partial charge on any atom is -0.481 e. The Labute approximate surface area is 105 Å². The fraction of sp³-hybridized carbons (Fsp3) is 0.727. The van der Waals surface area contributed by atoms with Gasteiger partial charge in [0.25, 0.3) is 0 Å². The summed E-state index contributed by atoms with van der Waals surface area (Å²) in [5, 5.41) is 13.3. The van der Waals surface area contributed by atoms with E-state index < -0.39 is 11.9 Å². The van der Waals surface area contributed by atoms with E-state index in [2.05, 4.69) is 24.0 Å². The molecule has 0 amide bonds. The number of aliphatic carboxylic acids is 1. The molecular weight excluding hydrogens is 240 g/mol. The lowest BCUT2D eigenvalue weighted by Gasteiger charge is -2.10. The summed E-state index contributed by atoms with van der Waals surface area (Å²) in [4.78, 5) is 15.1. The fourth-order valence-corrected chi connectivity index (χ4v) is 1.78. The molecule has 1 rings (SSSR count). The highest BCUT2D eigenvalue weighted by atomic mass is 32.2. The van der Waals surface area contributed by atoms with Crippen molar-refractivity contribution < 1.29 is 14.4 Å². The van der Waals surface area contributed by atoms with Crippen LogP contribution in [0.2, 0.25) is 0 Å². The quantitative estimate of drug-likeness (QED) is 0.845. The normalized spacial score (nSPS) is 14.9. The Morgan fingerprint density at radius 1 is 1.41 bits per heavy atom. The van der Waals surface area contributed by atoms with Crippen molar-refractivity contribution in [3.05, 3.63) is 11.7 Å². The molecule has 0 saturated heterocycles. The van der Waals surface area contributed by atoms with Crippen LogP contribution in [0.1, 0.15) is 45.3 Å². The number of carboxylic acid groups (broad SMARTS) is 1. The molecule has 0 aromatic carbocycles. The zero-order chi connectivity index (χ0) is 13.0. The van der Waals surface area contributed by atoms with E-state index in [0.29, 0.717) is 22.7 Å². The number of thioether (sulfide) groups is 1. The van der Waals surface area contributed by atoms with Crippen LogP contribution in [0.4, 0.5) is 0 Å². The molecule has 0 fully saturated rings. The number of carboxylic acids is 1. The first kappa shape index (κ1) is 14.0. The van der Waals surface area contributed by atoms with Crippen molar-refractivity contribution in [2.24, 2.45) is 5.92 Å². The predicted octanol–water partition coefficient (Wildman–Crippen LogP) is 2.54. The Morgan fingerprint density at radius 2 is 2.06 bits per heavy atom. The van der Waals surface area contributed by atoms with E-state index in [1.807, 2.05) is 0 Å². The topological polar surface area (TPSA) is 76.2 Å². The molecule has 5 nitrogen and oxygen atoms in total. The molecule has 96 valence electrons. The van der Waals surface area contributed by atoms with Gasteiger partial charge in [-0.1, -0.05) is 32.9 Å². The predicted molar refractivity (Wildman–Crippen MR) is 65.9 cm³/mol. The fourth-order valence-electron chi connectivity index (χ4n) is 1.18. The molecule has 1 heterocycles. The van der Waals surface area contributed by atoms with Gasteiger partial charge in [-0.25, -0.2) is 0 Å². The zero-order valence-electron chi connectivity index (χ0n) is 10.5. The molecule has 0 aliphatic rings. The molecule has 17 heavy (non-hydrogen) atoms. The summed E-state index contributed by atoms with van der Waals surface area (Å²) < 4.78 is 5.09. The first-order chi connectivity index (χ1) is 7.91. The van der Waals surface area contributed by atoms with Gasteiger partial charge in [0, 0.05) is 5.92 Å². The van der Waals surface area contributed by atoms with Crippen LogP contribution in [0.3, 0.4) is 0 Å². The summed E-state index contributed by atoms with van der Waals surface area (Å²) >= 11 is 1.72. The van der Waals surface area contributed by atoms with Crippen LogP contribution in [0, 0.1) is 5.92 Å². The van der Waals surface area contributed by atoms with Crippen LogP contribution in [0.25, 0.3) is 0 Å². The van der Waals surface area contributed by atoms with Gasteiger partial charge in [-0.3, -0.25) is 4.79 Å². The molecule has 1 aromatic rings. The van der Waals surface area contributed by atoms with Crippen LogP contribution < -0.4 is 0 Å². The molecule has 0 aliphatic carbocycles. The lowest BCUT2D eigenvalue weighted by molar-refractivity contribution is -0.141. The number of hydrogen-bond donors (Lipinski definition) is 1. The van der Waals surface area contributed by atoms with Gasteiger partial charge in [0.15, 0.2) is 5.82 Å². The van der Waals surface area contributed by atoms with Crippen molar-refractivity contribution in [3.8, 4) is 0 Å². The zero-order valence-corrected chi connectivity index (χ0v) is 11.3. The molecule has 0 bridgehead atoms. The third-order valence-electron chi connectivity index (χ3n) is 2.56. The largest absolute Gasteiger partial charge is 0.481 e. The summed E-state index contributed by atoms with van der Waals surface area (Å²) in [5.74, 6) is 0.0741. The second-order valence-corrected chi connectivity index (χ2v) is 5.89. The molecule has 0 saturated carbocycles. The second kappa shape index (κ2) is 6.05. The van der Waals surface area contributed by atoms with E-state index in [1.165, 1.54) is 0 Å². The Kier molecular flexibility index (Phi) is 4.99. The second-order valence-electron chi connectivity index (χ2n) is 4.32. The monoisotopic (exact) mass is 258 g/mol. The Bertz CT molecular complexity index is 379. The van der Waals surface area contributed by atoms with Crippen molar-refractivity contribution in [2.75, 3.05) is 0 Å². The van der Waals surface area contributed by atoms with Gasteiger partial charge in [-0.15, -0.1) is 0 Å². The van der Waals surface area contributed by atoms with E-state index in [4.69, 9.17) is 9.63 Å². The summed E-state index contributed by atoms with van der Waals surface area (Å²) in [6.45, 7) is 7.62. The van der Waals surface area contributed by atoms with Crippen molar-refractivity contribution in [1.29, 1.82) is 0 Å². The molecule has 1 aromatic heterocycles.